The van der Waals surface area contributed by atoms with Gasteiger partial charge in [0, 0.05) is 23.3 Å². The number of hydrogen-bond acceptors (Lipinski definition) is 4. The van der Waals surface area contributed by atoms with Crippen LogP contribution in [0.2, 0.25) is 0 Å². The predicted molar refractivity (Wildman–Crippen MR) is 107 cm³/mol. The maximum atomic E-state index is 13.0. The number of nitrogens with zero attached hydrogens (tertiary/aromatic N) is 3. The lowest BCUT2D eigenvalue weighted by molar-refractivity contribution is 1.04. The minimum absolute atomic E-state index is 0.0299. The van der Waals surface area contributed by atoms with Crippen molar-refractivity contribution in [3.63, 3.8) is 0 Å². The van der Waals surface area contributed by atoms with Gasteiger partial charge in [0.1, 0.15) is 0 Å². The lowest BCUT2D eigenvalue weighted by Crippen LogP contribution is -2.18. The molecular formula is C21H17N3OS. The third-order valence-corrected chi connectivity index (χ3v) is 5.12. The zero-order chi connectivity index (χ0) is 18.1. The Morgan fingerprint density at radius 3 is 2.62 bits per heavy atom. The van der Waals surface area contributed by atoms with Gasteiger partial charge in [-0.1, -0.05) is 42.0 Å². The molecule has 0 N–H and O–H groups in total. The minimum atomic E-state index is -0.0299. The molecule has 0 aliphatic heterocycles. The van der Waals surface area contributed by atoms with E-state index >= 15 is 0 Å². The minimum Gasteiger partial charge on any atom is -0.269 e. The van der Waals surface area contributed by atoms with Crippen LogP contribution in [0.1, 0.15) is 22.4 Å². The summed E-state index contributed by atoms with van der Waals surface area (Å²) in [4.78, 5) is 22.4. The van der Waals surface area contributed by atoms with Crippen LogP contribution in [-0.2, 0) is 0 Å². The van der Waals surface area contributed by atoms with Crippen LogP contribution in [0.15, 0.2) is 59.0 Å². The summed E-state index contributed by atoms with van der Waals surface area (Å²) in [5.74, 6) is 0. The van der Waals surface area contributed by atoms with E-state index in [9.17, 15) is 4.79 Å². The quantitative estimate of drug-likeness (QED) is 0.537. The topological polar surface area (TPSA) is 47.3 Å². The molecule has 3 heterocycles. The van der Waals surface area contributed by atoms with Gasteiger partial charge < -0.3 is 0 Å². The summed E-state index contributed by atoms with van der Waals surface area (Å²) in [6, 6.07) is 12.0. The first-order chi connectivity index (χ1) is 12.6. The second kappa shape index (κ2) is 6.69. The van der Waals surface area contributed by atoms with Crippen LogP contribution < -0.4 is 5.56 Å². The van der Waals surface area contributed by atoms with Gasteiger partial charge in [-0.05, 0) is 37.1 Å². The van der Waals surface area contributed by atoms with Crippen LogP contribution in [-0.4, -0.2) is 14.4 Å². The molecule has 4 rings (SSSR count). The fraction of sp³-hybridized carbons (Fsp3) is 0.0952. The molecule has 5 heteroatoms. The van der Waals surface area contributed by atoms with Gasteiger partial charge in [-0.15, -0.1) is 11.3 Å². The SMILES string of the molecule is Cc1ccc(-c2csc3nc(C=Cc4cccnc4)c(C)c(=O)n23)cc1. The van der Waals surface area contributed by atoms with Gasteiger partial charge in [0.15, 0.2) is 4.96 Å². The predicted octanol–water partition coefficient (Wildman–Crippen LogP) is 4.61. The van der Waals surface area contributed by atoms with E-state index < -0.39 is 0 Å². The number of aromatic nitrogens is 3. The Morgan fingerprint density at radius 1 is 1.08 bits per heavy atom. The normalized spacial score (nSPS) is 11.5. The molecule has 128 valence electrons. The zero-order valence-corrected chi connectivity index (χ0v) is 15.3. The number of fused-ring (bicyclic) bond motifs is 1. The molecule has 0 bridgehead atoms. The molecule has 26 heavy (non-hydrogen) atoms. The van der Waals surface area contributed by atoms with Gasteiger partial charge in [-0.25, -0.2) is 4.98 Å². The van der Waals surface area contributed by atoms with E-state index in [4.69, 9.17) is 0 Å². The third-order valence-electron chi connectivity index (χ3n) is 4.30. The molecule has 4 nitrogen and oxygen atoms in total. The Balaban J connectivity index is 1.82. The zero-order valence-electron chi connectivity index (χ0n) is 14.5. The number of hydrogen-bond donors (Lipinski definition) is 0. The van der Waals surface area contributed by atoms with Gasteiger partial charge in [0.25, 0.3) is 5.56 Å². The Morgan fingerprint density at radius 2 is 1.88 bits per heavy atom. The van der Waals surface area contributed by atoms with Crippen LogP contribution >= 0.6 is 11.3 Å². The number of pyridine rings is 1. The summed E-state index contributed by atoms with van der Waals surface area (Å²) in [7, 11) is 0. The maximum Gasteiger partial charge on any atom is 0.262 e. The van der Waals surface area contributed by atoms with Gasteiger partial charge in [-0.3, -0.25) is 14.2 Å². The first-order valence-electron chi connectivity index (χ1n) is 8.29. The Bertz CT molecular complexity index is 1160. The lowest BCUT2D eigenvalue weighted by Gasteiger charge is -2.05. The van der Waals surface area contributed by atoms with Crippen molar-refractivity contribution in [2.45, 2.75) is 13.8 Å². The second-order valence-corrected chi connectivity index (χ2v) is 6.99. The molecule has 4 aromatic rings. The van der Waals surface area contributed by atoms with Crippen molar-refractivity contribution in [3.8, 4) is 11.3 Å². The summed E-state index contributed by atoms with van der Waals surface area (Å²) in [6.07, 6.45) is 7.31. The summed E-state index contributed by atoms with van der Waals surface area (Å²) in [6.45, 7) is 3.87. The van der Waals surface area contributed by atoms with E-state index in [-0.39, 0.29) is 5.56 Å². The largest absolute Gasteiger partial charge is 0.269 e. The van der Waals surface area contributed by atoms with Gasteiger partial charge in [0.05, 0.1) is 11.4 Å². The smallest absolute Gasteiger partial charge is 0.262 e. The average molecular weight is 359 g/mol. The van der Waals surface area contributed by atoms with Gasteiger partial charge in [-0.2, -0.15) is 0 Å². The van der Waals surface area contributed by atoms with E-state index in [2.05, 4.69) is 22.1 Å². The molecule has 3 aromatic heterocycles. The highest BCUT2D eigenvalue weighted by molar-refractivity contribution is 7.15. The summed E-state index contributed by atoms with van der Waals surface area (Å²) < 4.78 is 1.70. The second-order valence-electron chi connectivity index (χ2n) is 6.15. The molecule has 0 atom stereocenters. The van der Waals surface area contributed by atoms with Crippen LogP contribution in [0.4, 0.5) is 0 Å². The first kappa shape index (κ1) is 16.4. The fourth-order valence-corrected chi connectivity index (χ4v) is 3.68. The molecular weight excluding hydrogens is 342 g/mol. The molecule has 1 aromatic carbocycles. The molecule has 0 aliphatic carbocycles. The molecule has 0 saturated carbocycles. The van der Waals surface area contributed by atoms with Crippen molar-refractivity contribution < 1.29 is 0 Å². The van der Waals surface area contributed by atoms with Crippen molar-refractivity contribution in [2.24, 2.45) is 0 Å². The highest BCUT2D eigenvalue weighted by Gasteiger charge is 2.13. The highest BCUT2D eigenvalue weighted by Crippen LogP contribution is 2.25. The monoisotopic (exact) mass is 359 g/mol. The van der Waals surface area contributed by atoms with E-state index in [1.807, 2.05) is 55.6 Å². The maximum absolute atomic E-state index is 13.0. The van der Waals surface area contributed by atoms with Crippen molar-refractivity contribution in [3.05, 3.63) is 86.9 Å². The summed E-state index contributed by atoms with van der Waals surface area (Å²) in [5.41, 5.74) is 5.36. The lowest BCUT2D eigenvalue weighted by atomic mass is 10.1. The van der Waals surface area contributed by atoms with E-state index in [0.29, 0.717) is 16.2 Å². The number of aryl methyl sites for hydroxylation is 1. The number of thiazole rings is 1. The Kier molecular flexibility index (Phi) is 4.22. The van der Waals surface area contributed by atoms with Crippen molar-refractivity contribution in [1.29, 1.82) is 0 Å². The Labute approximate surface area is 155 Å². The fourth-order valence-electron chi connectivity index (χ4n) is 2.79. The van der Waals surface area contributed by atoms with E-state index in [1.165, 1.54) is 16.9 Å². The molecule has 0 saturated heterocycles. The van der Waals surface area contributed by atoms with Gasteiger partial charge >= 0.3 is 0 Å². The molecule has 0 spiro atoms. The summed E-state index contributed by atoms with van der Waals surface area (Å²) in [5, 5.41) is 1.99. The molecule has 0 unspecified atom stereocenters. The highest BCUT2D eigenvalue weighted by atomic mass is 32.1. The first-order valence-corrected chi connectivity index (χ1v) is 9.17. The molecule has 0 fully saturated rings. The van der Waals surface area contributed by atoms with Crippen molar-refractivity contribution in [1.82, 2.24) is 14.4 Å². The van der Waals surface area contributed by atoms with Crippen LogP contribution in [0.25, 0.3) is 28.4 Å². The number of rotatable bonds is 3. The molecule has 0 amide bonds. The van der Waals surface area contributed by atoms with Crippen LogP contribution in [0, 0.1) is 13.8 Å². The molecule has 0 aliphatic rings. The average Bonchev–Trinajstić information content (AvgIpc) is 3.09. The third kappa shape index (κ3) is 2.97. The summed E-state index contributed by atoms with van der Waals surface area (Å²) >= 11 is 1.48. The van der Waals surface area contributed by atoms with Gasteiger partial charge in [0.2, 0.25) is 0 Å². The van der Waals surface area contributed by atoms with Crippen LogP contribution in [0.3, 0.4) is 0 Å². The van der Waals surface area contributed by atoms with Crippen LogP contribution in [0.5, 0.6) is 0 Å². The number of benzene rings is 1. The standard InChI is InChI=1S/C21H17N3OS/c1-14-5-8-17(9-6-14)19-13-26-21-23-18(15(2)20(25)24(19)21)10-7-16-4-3-11-22-12-16/h3-13H,1-2H3. The van der Waals surface area contributed by atoms with E-state index in [1.54, 1.807) is 16.8 Å². The van der Waals surface area contributed by atoms with E-state index in [0.717, 1.165) is 16.8 Å². The Hall–Kier alpha value is -3.05. The van der Waals surface area contributed by atoms with Crippen molar-refractivity contribution in [2.75, 3.05) is 0 Å². The van der Waals surface area contributed by atoms with Crippen molar-refractivity contribution >= 4 is 28.4 Å². The molecule has 0 radical (unpaired) electrons.